The van der Waals surface area contributed by atoms with Crippen molar-refractivity contribution in [3.8, 4) is 5.88 Å². The predicted octanol–water partition coefficient (Wildman–Crippen LogP) is 1.27. The monoisotopic (exact) mass is 224 g/mol. The van der Waals surface area contributed by atoms with Crippen LogP contribution in [0.5, 0.6) is 5.88 Å². The Morgan fingerprint density at radius 1 is 1.44 bits per heavy atom. The van der Waals surface area contributed by atoms with Crippen LogP contribution in [0.1, 0.15) is 20.8 Å². The molecule has 0 fully saturated rings. The number of ether oxygens (including phenoxy) is 1. The Kier molecular flexibility index (Phi) is 4.49. The average molecular weight is 224 g/mol. The zero-order valence-corrected chi connectivity index (χ0v) is 10.2. The molecule has 0 saturated carbocycles. The summed E-state index contributed by atoms with van der Waals surface area (Å²) >= 11 is 0. The highest BCUT2D eigenvalue weighted by Crippen LogP contribution is 2.15. The molecule has 5 nitrogen and oxygen atoms in total. The summed E-state index contributed by atoms with van der Waals surface area (Å²) in [6.45, 7) is 8.13. The molecule has 3 N–H and O–H groups in total. The first-order valence-corrected chi connectivity index (χ1v) is 5.46. The summed E-state index contributed by atoms with van der Waals surface area (Å²) in [5.41, 5.74) is 5.70. The lowest BCUT2D eigenvalue weighted by atomic mass is 9.94. The van der Waals surface area contributed by atoms with E-state index in [4.69, 9.17) is 10.5 Å². The first-order chi connectivity index (χ1) is 7.57. The number of nitrogens with two attached hydrogens (primary N) is 1. The van der Waals surface area contributed by atoms with Crippen molar-refractivity contribution in [3.63, 3.8) is 0 Å². The molecule has 0 radical (unpaired) electrons. The molecule has 90 valence electrons. The Morgan fingerprint density at radius 3 is 2.81 bits per heavy atom. The molecule has 1 rings (SSSR count). The molecule has 0 saturated heterocycles. The second kappa shape index (κ2) is 5.65. The number of aromatic nitrogens is 2. The molecule has 0 aliphatic carbocycles. The van der Waals surface area contributed by atoms with Crippen LogP contribution in [0.4, 0.5) is 5.82 Å². The zero-order valence-electron chi connectivity index (χ0n) is 10.2. The molecule has 5 heteroatoms. The third kappa shape index (κ3) is 4.02. The van der Waals surface area contributed by atoms with Crippen molar-refractivity contribution in [1.29, 1.82) is 0 Å². The van der Waals surface area contributed by atoms with Crippen molar-refractivity contribution in [3.05, 3.63) is 12.4 Å². The van der Waals surface area contributed by atoms with Gasteiger partial charge >= 0.3 is 0 Å². The molecule has 0 spiro atoms. The first kappa shape index (κ1) is 12.7. The zero-order chi connectivity index (χ0) is 12.0. The highest BCUT2D eigenvalue weighted by Gasteiger charge is 2.15. The minimum atomic E-state index is 0.0523. The highest BCUT2D eigenvalue weighted by atomic mass is 16.5. The van der Waals surface area contributed by atoms with Crippen LogP contribution < -0.4 is 15.8 Å². The molecule has 1 aromatic rings. The van der Waals surface area contributed by atoms with Crippen molar-refractivity contribution in [2.24, 2.45) is 11.1 Å². The van der Waals surface area contributed by atoms with Gasteiger partial charge in [-0.05, 0) is 18.9 Å². The summed E-state index contributed by atoms with van der Waals surface area (Å²) < 4.78 is 5.29. The first-order valence-electron chi connectivity index (χ1n) is 5.46. The lowest BCUT2D eigenvalue weighted by Gasteiger charge is -2.22. The van der Waals surface area contributed by atoms with E-state index >= 15 is 0 Å². The lowest BCUT2D eigenvalue weighted by molar-refractivity contribution is 0.326. The SMILES string of the molecule is CCOc1cc(NCC(C)(C)CN)ncn1. The van der Waals surface area contributed by atoms with E-state index in [-0.39, 0.29) is 5.41 Å². The summed E-state index contributed by atoms with van der Waals surface area (Å²) in [6.07, 6.45) is 1.49. The van der Waals surface area contributed by atoms with Gasteiger partial charge in [-0.3, -0.25) is 0 Å². The number of hydrogen-bond donors (Lipinski definition) is 2. The number of anilines is 1. The molecule has 0 aliphatic rings. The normalized spacial score (nSPS) is 11.2. The van der Waals surface area contributed by atoms with Crippen LogP contribution in [0.15, 0.2) is 12.4 Å². The van der Waals surface area contributed by atoms with Gasteiger partial charge in [0.1, 0.15) is 12.1 Å². The van der Waals surface area contributed by atoms with E-state index in [0.29, 0.717) is 19.0 Å². The molecule has 0 unspecified atom stereocenters. The van der Waals surface area contributed by atoms with Gasteiger partial charge in [-0.25, -0.2) is 9.97 Å². The predicted molar refractivity (Wildman–Crippen MR) is 64.5 cm³/mol. The van der Waals surface area contributed by atoms with Gasteiger partial charge in [-0.15, -0.1) is 0 Å². The average Bonchev–Trinajstić information content (AvgIpc) is 2.28. The van der Waals surface area contributed by atoms with Crippen molar-refractivity contribution < 1.29 is 4.74 Å². The van der Waals surface area contributed by atoms with E-state index in [1.807, 2.05) is 6.92 Å². The largest absolute Gasteiger partial charge is 0.478 e. The van der Waals surface area contributed by atoms with E-state index < -0.39 is 0 Å². The minimum Gasteiger partial charge on any atom is -0.478 e. The molecule has 0 atom stereocenters. The maximum Gasteiger partial charge on any atom is 0.218 e. The quantitative estimate of drug-likeness (QED) is 0.761. The number of hydrogen-bond acceptors (Lipinski definition) is 5. The maximum atomic E-state index is 5.65. The van der Waals surface area contributed by atoms with E-state index in [1.54, 1.807) is 6.07 Å². The number of nitrogens with zero attached hydrogens (tertiary/aromatic N) is 2. The minimum absolute atomic E-state index is 0.0523. The molecule has 0 amide bonds. The van der Waals surface area contributed by atoms with Crippen molar-refractivity contribution in [1.82, 2.24) is 9.97 Å². The smallest absolute Gasteiger partial charge is 0.218 e. The summed E-state index contributed by atoms with van der Waals surface area (Å²) in [7, 11) is 0. The fraction of sp³-hybridized carbons (Fsp3) is 0.636. The molecule has 0 bridgehead atoms. The topological polar surface area (TPSA) is 73.1 Å². The molecule has 0 aliphatic heterocycles. The lowest BCUT2D eigenvalue weighted by Crippen LogP contribution is -2.31. The summed E-state index contributed by atoms with van der Waals surface area (Å²) in [5, 5.41) is 3.22. The molecular weight excluding hydrogens is 204 g/mol. The van der Waals surface area contributed by atoms with Gasteiger partial charge < -0.3 is 15.8 Å². The van der Waals surface area contributed by atoms with Gasteiger partial charge in [0.25, 0.3) is 0 Å². The van der Waals surface area contributed by atoms with Crippen LogP contribution in [0, 0.1) is 5.41 Å². The molecule has 0 aromatic carbocycles. The Labute approximate surface area is 96.4 Å². The Morgan fingerprint density at radius 2 is 2.19 bits per heavy atom. The van der Waals surface area contributed by atoms with Gasteiger partial charge in [0, 0.05) is 12.6 Å². The molecular formula is C11H20N4O. The number of nitrogens with one attached hydrogen (secondary N) is 1. The van der Waals surface area contributed by atoms with E-state index in [9.17, 15) is 0 Å². The fourth-order valence-corrected chi connectivity index (χ4v) is 1.06. The summed E-state index contributed by atoms with van der Waals surface area (Å²) in [5.74, 6) is 1.35. The highest BCUT2D eigenvalue weighted by molar-refractivity contribution is 5.37. The Bertz CT molecular complexity index is 328. The van der Waals surface area contributed by atoms with Crippen LogP contribution in [0.25, 0.3) is 0 Å². The van der Waals surface area contributed by atoms with Crippen molar-refractivity contribution in [2.75, 3.05) is 25.0 Å². The van der Waals surface area contributed by atoms with Crippen molar-refractivity contribution >= 4 is 5.82 Å². The summed E-state index contributed by atoms with van der Waals surface area (Å²) in [6, 6.07) is 1.79. The third-order valence-electron chi connectivity index (χ3n) is 2.23. The van der Waals surface area contributed by atoms with Crippen molar-refractivity contribution in [2.45, 2.75) is 20.8 Å². The van der Waals surface area contributed by atoms with Crippen LogP contribution in [0.3, 0.4) is 0 Å². The molecule has 1 heterocycles. The van der Waals surface area contributed by atoms with Gasteiger partial charge in [0.15, 0.2) is 0 Å². The molecule has 1 aromatic heterocycles. The van der Waals surface area contributed by atoms with Gasteiger partial charge in [0.05, 0.1) is 6.61 Å². The number of rotatable bonds is 6. The van der Waals surface area contributed by atoms with Gasteiger partial charge in [-0.1, -0.05) is 13.8 Å². The van der Waals surface area contributed by atoms with E-state index in [1.165, 1.54) is 6.33 Å². The van der Waals surface area contributed by atoms with Crippen LogP contribution in [0.2, 0.25) is 0 Å². The summed E-state index contributed by atoms with van der Waals surface area (Å²) in [4.78, 5) is 8.11. The van der Waals surface area contributed by atoms with E-state index in [0.717, 1.165) is 12.4 Å². The second-order valence-electron chi connectivity index (χ2n) is 4.40. The Balaban J connectivity index is 2.57. The van der Waals surface area contributed by atoms with Crippen LogP contribution >= 0.6 is 0 Å². The third-order valence-corrected chi connectivity index (χ3v) is 2.23. The standard InChI is InChI=1S/C11H20N4O/c1-4-16-10-5-9(14-8-15-10)13-7-11(2,3)6-12/h5,8H,4,6-7,12H2,1-3H3,(H,13,14,15). The van der Waals surface area contributed by atoms with E-state index in [2.05, 4.69) is 29.1 Å². The van der Waals surface area contributed by atoms with Gasteiger partial charge in [0.2, 0.25) is 5.88 Å². The maximum absolute atomic E-state index is 5.65. The fourth-order valence-electron chi connectivity index (χ4n) is 1.06. The second-order valence-corrected chi connectivity index (χ2v) is 4.40. The van der Waals surface area contributed by atoms with Gasteiger partial charge in [-0.2, -0.15) is 0 Å². The Hall–Kier alpha value is -1.36. The van der Waals surface area contributed by atoms with Crippen LogP contribution in [-0.4, -0.2) is 29.7 Å². The molecule has 16 heavy (non-hydrogen) atoms. The van der Waals surface area contributed by atoms with Crippen LogP contribution in [-0.2, 0) is 0 Å².